The molecule has 1 aliphatic rings. The van der Waals surface area contributed by atoms with Gasteiger partial charge in [0.15, 0.2) is 6.61 Å². The normalized spacial score (nSPS) is 14.6. The molecule has 0 aromatic heterocycles. The topological polar surface area (TPSA) is 122 Å². The lowest BCUT2D eigenvalue weighted by Gasteiger charge is -2.20. The zero-order valence-electron chi connectivity index (χ0n) is 19.1. The Morgan fingerprint density at radius 3 is 2.38 bits per heavy atom. The molecule has 1 aliphatic heterocycles. The largest absolute Gasteiger partial charge is 0.454 e. The first-order valence-electron chi connectivity index (χ1n) is 11.2. The average molecular weight is 488 g/mol. The molecule has 182 valence electrons. The van der Waals surface area contributed by atoms with Gasteiger partial charge in [0.2, 0.25) is 10.0 Å². The number of hydrogen-bond donors (Lipinski definition) is 2. The molecule has 2 N–H and O–H groups in total. The fraction of sp³-hybridized carbons (Fsp3) is 0.375. The van der Waals surface area contributed by atoms with Crippen LogP contribution in [0.5, 0.6) is 0 Å². The summed E-state index contributed by atoms with van der Waals surface area (Å²) in [5.41, 5.74) is 1.61. The Morgan fingerprint density at radius 2 is 1.68 bits per heavy atom. The molecular formula is C24H29N3O6S. The van der Waals surface area contributed by atoms with Gasteiger partial charge in [-0.15, -0.1) is 0 Å². The predicted octanol–water partition coefficient (Wildman–Crippen LogP) is 2.47. The molecule has 2 amide bonds. The summed E-state index contributed by atoms with van der Waals surface area (Å²) in [5.74, 6) is -1.82. The Balaban J connectivity index is 1.49. The monoisotopic (exact) mass is 487 g/mol. The average Bonchev–Trinajstić information content (AvgIpc) is 3.12. The third-order valence-electron chi connectivity index (χ3n) is 5.36. The van der Waals surface area contributed by atoms with Crippen LogP contribution >= 0.6 is 0 Å². The number of sulfonamides is 1. The zero-order chi connectivity index (χ0) is 24.6. The first kappa shape index (κ1) is 25.4. The number of hydrogen-bond acceptors (Lipinski definition) is 6. The Morgan fingerprint density at radius 1 is 0.971 bits per heavy atom. The van der Waals surface area contributed by atoms with Gasteiger partial charge in [-0.1, -0.05) is 36.6 Å². The second-order valence-corrected chi connectivity index (χ2v) is 10.0. The molecule has 0 saturated carbocycles. The predicted molar refractivity (Wildman–Crippen MR) is 127 cm³/mol. The summed E-state index contributed by atoms with van der Waals surface area (Å²) < 4.78 is 32.3. The molecule has 0 radical (unpaired) electrons. The number of rotatable bonds is 8. The molecule has 0 aliphatic carbocycles. The quantitative estimate of drug-likeness (QED) is 0.552. The van der Waals surface area contributed by atoms with Crippen molar-refractivity contribution in [2.45, 2.75) is 37.5 Å². The summed E-state index contributed by atoms with van der Waals surface area (Å²) in [6.07, 6.45) is 3.67. The van der Waals surface area contributed by atoms with E-state index in [-0.39, 0.29) is 17.1 Å². The summed E-state index contributed by atoms with van der Waals surface area (Å²) in [6, 6.07) is 12.9. The fourth-order valence-electron chi connectivity index (χ4n) is 3.60. The first-order chi connectivity index (χ1) is 16.3. The number of ether oxygens (including phenoxy) is 1. The second-order valence-electron chi connectivity index (χ2n) is 8.11. The maximum Gasteiger partial charge on any atom is 0.325 e. The number of carbonyl (C=O) groups is 3. The van der Waals surface area contributed by atoms with Crippen molar-refractivity contribution < 1.29 is 27.5 Å². The van der Waals surface area contributed by atoms with Crippen molar-refractivity contribution >= 4 is 33.5 Å². The van der Waals surface area contributed by atoms with E-state index in [1.165, 1.54) is 16.4 Å². The van der Waals surface area contributed by atoms with Crippen LogP contribution in [0.2, 0.25) is 0 Å². The van der Waals surface area contributed by atoms with E-state index in [9.17, 15) is 22.8 Å². The molecule has 0 unspecified atom stereocenters. The maximum atomic E-state index is 13.0. The number of anilines is 1. The van der Waals surface area contributed by atoms with Crippen LogP contribution in [0.1, 0.15) is 41.6 Å². The highest BCUT2D eigenvalue weighted by Gasteiger charge is 2.25. The van der Waals surface area contributed by atoms with Crippen molar-refractivity contribution in [2.24, 2.45) is 0 Å². The Bertz CT molecular complexity index is 1140. The molecule has 10 heteroatoms. The lowest BCUT2D eigenvalue weighted by Crippen LogP contribution is -2.32. The smallest absolute Gasteiger partial charge is 0.325 e. The summed E-state index contributed by atoms with van der Waals surface area (Å²) >= 11 is 0. The van der Waals surface area contributed by atoms with Gasteiger partial charge >= 0.3 is 5.97 Å². The number of nitrogens with zero attached hydrogens (tertiary/aromatic N) is 1. The van der Waals surface area contributed by atoms with Crippen molar-refractivity contribution in [3.8, 4) is 0 Å². The Labute approximate surface area is 199 Å². The first-order valence-corrected chi connectivity index (χ1v) is 12.6. The third-order valence-corrected chi connectivity index (χ3v) is 7.25. The minimum absolute atomic E-state index is 0.100. The summed E-state index contributed by atoms with van der Waals surface area (Å²) in [6.45, 7) is 1.86. The maximum absolute atomic E-state index is 13.0. The fourth-order valence-corrected chi connectivity index (χ4v) is 5.16. The molecule has 2 aromatic rings. The van der Waals surface area contributed by atoms with E-state index in [1.54, 1.807) is 30.3 Å². The van der Waals surface area contributed by atoms with Crippen LogP contribution in [0.3, 0.4) is 0 Å². The minimum Gasteiger partial charge on any atom is -0.454 e. The van der Waals surface area contributed by atoms with Gasteiger partial charge in [-0.25, -0.2) is 8.42 Å². The summed E-state index contributed by atoms with van der Waals surface area (Å²) in [7, 11) is -3.65. The molecule has 0 bridgehead atoms. The van der Waals surface area contributed by atoms with Crippen LogP contribution in [0, 0.1) is 6.92 Å². The third kappa shape index (κ3) is 7.13. The molecule has 34 heavy (non-hydrogen) atoms. The molecule has 1 heterocycles. The molecule has 1 fully saturated rings. The number of nitrogens with one attached hydrogen (secondary N) is 2. The summed E-state index contributed by atoms with van der Waals surface area (Å²) in [4.78, 5) is 36.3. The van der Waals surface area contributed by atoms with Crippen LogP contribution < -0.4 is 10.6 Å². The molecule has 0 atom stereocenters. The van der Waals surface area contributed by atoms with Gasteiger partial charge in [0.05, 0.1) is 4.90 Å². The highest BCUT2D eigenvalue weighted by Crippen LogP contribution is 2.22. The van der Waals surface area contributed by atoms with Crippen LogP contribution in [0.15, 0.2) is 53.4 Å². The van der Waals surface area contributed by atoms with Crippen LogP contribution in [-0.2, 0) is 24.3 Å². The molecule has 9 nitrogen and oxygen atoms in total. The van der Waals surface area contributed by atoms with E-state index >= 15 is 0 Å². The van der Waals surface area contributed by atoms with Crippen molar-refractivity contribution in [1.82, 2.24) is 9.62 Å². The highest BCUT2D eigenvalue weighted by molar-refractivity contribution is 7.89. The molecule has 3 rings (SSSR count). The van der Waals surface area contributed by atoms with E-state index in [0.29, 0.717) is 18.7 Å². The second kappa shape index (κ2) is 11.8. The van der Waals surface area contributed by atoms with E-state index in [2.05, 4.69) is 10.6 Å². The van der Waals surface area contributed by atoms with Gasteiger partial charge in [-0.05, 0) is 50.1 Å². The van der Waals surface area contributed by atoms with Crippen molar-refractivity contribution in [1.29, 1.82) is 0 Å². The van der Waals surface area contributed by atoms with E-state index < -0.39 is 34.4 Å². The number of esters is 1. The number of amides is 2. The number of benzene rings is 2. The molecule has 2 aromatic carbocycles. The Kier molecular flexibility index (Phi) is 8.78. The van der Waals surface area contributed by atoms with Crippen LogP contribution in [0.25, 0.3) is 0 Å². The van der Waals surface area contributed by atoms with Gasteiger partial charge in [0, 0.05) is 24.3 Å². The van der Waals surface area contributed by atoms with Gasteiger partial charge < -0.3 is 15.4 Å². The van der Waals surface area contributed by atoms with Crippen molar-refractivity contribution in [3.05, 3.63) is 59.7 Å². The van der Waals surface area contributed by atoms with Crippen molar-refractivity contribution in [3.63, 3.8) is 0 Å². The highest BCUT2D eigenvalue weighted by atomic mass is 32.2. The summed E-state index contributed by atoms with van der Waals surface area (Å²) in [5, 5.41) is 4.98. The van der Waals surface area contributed by atoms with Gasteiger partial charge in [-0.3, -0.25) is 14.4 Å². The zero-order valence-corrected chi connectivity index (χ0v) is 19.9. The van der Waals surface area contributed by atoms with Crippen LogP contribution in [0.4, 0.5) is 5.69 Å². The SMILES string of the molecule is Cc1cccc(C(=O)NCC(=O)OCC(=O)Nc2cccc(S(=O)(=O)N3CCCCCC3)c2)c1. The van der Waals surface area contributed by atoms with Gasteiger partial charge in [0.25, 0.3) is 11.8 Å². The van der Waals surface area contributed by atoms with Crippen LogP contribution in [-0.4, -0.2) is 56.7 Å². The number of aryl methyl sites for hydroxylation is 1. The number of carbonyl (C=O) groups excluding carboxylic acids is 3. The molecule has 0 spiro atoms. The van der Waals surface area contributed by atoms with E-state index in [0.717, 1.165) is 31.2 Å². The van der Waals surface area contributed by atoms with E-state index in [1.807, 2.05) is 13.0 Å². The standard InChI is InChI=1S/C24H29N3O6S/c1-18-8-6-9-19(14-18)24(30)25-16-23(29)33-17-22(28)26-20-10-7-11-21(15-20)34(31,32)27-12-4-2-3-5-13-27/h6-11,14-15H,2-5,12-13,16-17H2,1H3,(H,25,30)(H,26,28). The lowest BCUT2D eigenvalue weighted by atomic mass is 10.1. The van der Waals surface area contributed by atoms with Gasteiger partial charge in [-0.2, -0.15) is 4.31 Å². The van der Waals surface area contributed by atoms with E-state index in [4.69, 9.17) is 4.74 Å². The molecular weight excluding hydrogens is 458 g/mol. The minimum atomic E-state index is -3.65. The van der Waals surface area contributed by atoms with Crippen molar-refractivity contribution in [2.75, 3.05) is 31.6 Å². The van der Waals surface area contributed by atoms with Gasteiger partial charge in [0.1, 0.15) is 6.54 Å². The lowest BCUT2D eigenvalue weighted by molar-refractivity contribution is -0.146. The Hall–Kier alpha value is -3.24. The molecule has 1 saturated heterocycles.